The van der Waals surface area contributed by atoms with Gasteiger partial charge < -0.3 is 14.2 Å². The van der Waals surface area contributed by atoms with E-state index in [2.05, 4.69) is 5.10 Å². The number of benzene rings is 1. The molecule has 0 radical (unpaired) electrons. The molecule has 0 saturated heterocycles. The summed E-state index contributed by atoms with van der Waals surface area (Å²) >= 11 is 0. The van der Waals surface area contributed by atoms with E-state index in [1.54, 1.807) is 57.5 Å². The molecule has 0 aliphatic rings. The number of rotatable bonds is 6. The molecule has 122 valence electrons. The van der Waals surface area contributed by atoms with Crippen LogP contribution < -0.4 is 14.2 Å². The lowest BCUT2D eigenvalue weighted by molar-refractivity contribution is 0.104. The molecule has 1 heterocycles. The summed E-state index contributed by atoms with van der Waals surface area (Å²) in [6, 6.07) is 3.56. The summed E-state index contributed by atoms with van der Waals surface area (Å²) in [5, 5.41) is 4.08. The van der Waals surface area contributed by atoms with Crippen molar-refractivity contribution >= 4 is 11.9 Å². The highest BCUT2D eigenvalue weighted by Crippen LogP contribution is 2.38. The molecular weight excluding hydrogens is 296 g/mol. The maximum absolute atomic E-state index is 12.3. The van der Waals surface area contributed by atoms with E-state index in [0.29, 0.717) is 22.8 Å². The smallest absolute Gasteiger partial charge is 0.203 e. The number of methoxy groups -OCH3 is 3. The van der Waals surface area contributed by atoms with E-state index in [1.165, 1.54) is 6.08 Å². The van der Waals surface area contributed by atoms with Crippen molar-refractivity contribution in [1.82, 2.24) is 9.78 Å². The molecule has 2 aromatic rings. The van der Waals surface area contributed by atoms with Gasteiger partial charge in [0.1, 0.15) is 0 Å². The average Bonchev–Trinajstić information content (AvgIpc) is 2.90. The van der Waals surface area contributed by atoms with Gasteiger partial charge in [-0.2, -0.15) is 5.10 Å². The van der Waals surface area contributed by atoms with Gasteiger partial charge in [0.15, 0.2) is 17.3 Å². The molecule has 0 fully saturated rings. The lowest BCUT2D eigenvalue weighted by Gasteiger charge is -2.12. The molecule has 23 heavy (non-hydrogen) atoms. The van der Waals surface area contributed by atoms with Crippen molar-refractivity contribution < 1.29 is 19.0 Å². The molecule has 1 aromatic heterocycles. The van der Waals surface area contributed by atoms with Crippen molar-refractivity contribution in [3.63, 3.8) is 0 Å². The number of carbonyl (C=O) groups excluding carboxylic acids is 1. The lowest BCUT2D eigenvalue weighted by Crippen LogP contribution is -1.99. The van der Waals surface area contributed by atoms with Gasteiger partial charge >= 0.3 is 0 Å². The van der Waals surface area contributed by atoms with Crippen LogP contribution in [-0.4, -0.2) is 36.9 Å². The van der Waals surface area contributed by atoms with Crippen molar-refractivity contribution in [1.29, 1.82) is 0 Å². The van der Waals surface area contributed by atoms with Crippen LogP contribution in [0.1, 0.15) is 21.6 Å². The normalized spacial score (nSPS) is 10.8. The Bertz CT molecular complexity index is 722. The summed E-state index contributed by atoms with van der Waals surface area (Å²) in [6.07, 6.45) is 4.78. The van der Waals surface area contributed by atoms with Crippen LogP contribution in [0.5, 0.6) is 17.2 Å². The van der Waals surface area contributed by atoms with Crippen molar-refractivity contribution in [3.8, 4) is 17.2 Å². The fourth-order valence-electron chi connectivity index (χ4n) is 2.20. The first-order chi connectivity index (χ1) is 11.0. The average molecular weight is 316 g/mol. The Morgan fingerprint density at radius 3 is 2.17 bits per heavy atom. The third kappa shape index (κ3) is 3.36. The standard InChI is InChI=1S/C17H20N2O4/c1-11-13(10-18-19(11)2)14(20)7-6-12-8-15(21-3)17(23-5)16(9-12)22-4/h6-10H,1-5H3/b7-6+. The van der Waals surface area contributed by atoms with E-state index >= 15 is 0 Å². The minimum atomic E-state index is -0.107. The van der Waals surface area contributed by atoms with Gasteiger partial charge in [0.05, 0.1) is 33.1 Å². The van der Waals surface area contributed by atoms with E-state index in [-0.39, 0.29) is 5.78 Å². The minimum Gasteiger partial charge on any atom is -0.493 e. The maximum Gasteiger partial charge on any atom is 0.203 e. The first-order valence-corrected chi connectivity index (χ1v) is 7.02. The molecule has 0 spiro atoms. The highest BCUT2D eigenvalue weighted by Gasteiger charge is 2.13. The quantitative estimate of drug-likeness (QED) is 0.605. The molecule has 0 aliphatic carbocycles. The zero-order valence-electron chi connectivity index (χ0n) is 13.9. The van der Waals surface area contributed by atoms with Crippen LogP contribution in [0.25, 0.3) is 6.08 Å². The van der Waals surface area contributed by atoms with Gasteiger partial charge in [0.2, 0.25) is 5.75 Å². The highest BCUT2D eigenvalue weighted by molar-refractivity contribution is 6.07. The van der Waals surface area contributed by atoms with Crippen molar-refractivity contribution in [3.05, 3.63) is 41.2 Å². The number of aromatic nitrogens is 2. The van der Waals surface area contributed by atoms with Crippen LogP contribution in [0, 0.1) is 6.92 Å². The summed E-state index contributed by atoms with van der Waals surface area (Å²) in [6.45, 7) is 1.85. The SMILES string of the molecule is COc1cc(/C=C/C(=O)c2cnn(C)c2C)cc(OC)c1OC. The van der Waals surface area contributed by atoms with E-state index in [9.17, 15) is 4.79 Å². The Hall–Kier alpha value is -2.76. The summed E-state index contributed by atoms with van der Waals surface area (Å²) in [4.78, 5) is 12.3. The van der Waals surface area contributed by atoms with E-state index < -0.39 is 0 Å². The summed E-state index contributed by atoms with van der Waals surface area (Å²) in [7, 11) is 6.45. The topological polar surface area (TPSA) is 62.6 Å². The number of nitrogens with zero attached hydrogens (tertiary/aromatic N) is 2. The van der Waals surface area contributed by atoms with Gasteiger partial charge in [0.25, 0.3) is 0 Å². The third-order valence-corrected chi connectivity index (χ3v) is 3.61. The first kappa shape index (κ1) is 16.6. The Balaban J connectivity index is 2.32. The second-order valence-electron chi connectivity index (χ2n) is 4.92. The van der Waals surface area contributed by atoms with Crippen molar-refractivity contribution in [2.45, 2.75) is 6.92 Å². The van der Waals surface area contributed by atoms with Crippen LogP contribution in [-0.2, 0) is 7.05 Å². The Morgan fingerprint density at radius 2 is 1.74 bits per heavy atom. The van der Waals surface area contributed by atoms with E-state index in [1.807, 2.05) is 6.92 Å². The zero-order valence-corrected chi connectivity index (χ0v) is 13.9. The Labute approximate surface area is 135 Å². The fraction of sp³-hybridized carbons (Fsp3) is 0.294. The molecule has 0 N–H and O–H groups in total. The minimum absolute atomic E-state index is 0.107. The molecule has 0 saturated carbocycles. The molecule has 0 amide bonds. The molecule has 1 aromatic carbocycles. The number of ketones is 1. The van der Waals surface area contributed by atoms with Gasteiger partial charge in [-0.15, -0.1) is 0 Å². The third-order valence-electron chi connectivity index (χ3n) is 3.61. The molecule has 6 nitrogen and oxygen atoms in total. The molecule has 0 aliphatic heterocycles. The number of carbonyl (C=O) groups is 1. The number of hydrogen-bond donors (Lipinski definition) is 0. The van der Waals surface area contributed by atoms with Gasteiger partial charge in [-0.1, -0.05) is 6.08 Å². The number of ether oxygens (including phenoxy) is 3. The maximum atomic E-state index is 12.3. The first-order valence-electron chi connectivity index (χ1n) is 7.02. The van der Waals surface area contributed by atoms with Crippen LogP contribution >= 0.6 is 0 Å². The van der Waals surface area contributed by atoms with Crippen LogP contribution in [0.3, 0.4) is 0 Å². The monoisotopic (exact) mass is 316 g/mol. The van der Waals surface area contributed by atoms with Crippen LogP contribution in [0.2, 0.25) is 0 Å². The fourth-order valence-corrected chi connectivity index (χ4v) is 2.20. The molecular formula is C17H20N2O4. The van der Waals surface area contributed by atoms with Gasteiger partial charge in [-0.05, 0) is 30.7 Å². The highest BCUT2D eigenvalue weighted by atomic mass is 16.5. The number of allylic oxidation sites excluding steroid dienone is 1. The Morgan fingerprint density at radius 1 is 1.13 bits per heavy atom. The van der Waals surface area contributed by atoms with Gasteiger partial charge in [0, 0.05) is 12.7 Å². The van der Waals surface area contributed by atoms with Gasteiger partial charge in [-0.25, -0.2) is 0 Å². The van der Waals surface area contributed by atoms with E-state index in [0.717, 1.165) is 11.3 Å². The summed E-state index contributed by atoms with van der Waals surface area (Å²) in [5.41, 5.74) is 2.18. The second kappa shape index (κ2) is 7.00. The Kier molecular flexibility index (Phi) is 5.05. The molecule has 2 rings (SSSR count). The predicted molar refractivity (Wildman–Crippen MR) is 87.4 cm³/mol. The molecule has 0 atom stereocenters. The van der Waals surface area contributed by atoms with Crippen molar-refractivity contribution in [2.75, 3.05) is 21.3 Å². The lowest BCUT2D eigenvalue weighted by atomic mass is 10.1. The van der Waals surface area contributed by atoms with Crippen LogP contribution in [0.15, 0.2) is 24.4 Å². The summed E-state index contributed by atoms with van der Waals surface area (Å²) < 4.78 is 17.5. The predicted octanol–water partition coefficient (Wildman–Crippen LogP) is 2.65. The van der Waals surface area contributed by atoms with Crippen LogP contribution in [0.4, 0.5) is 0 Å². The molecule has 0 bridgehead atoms. The largest absolute Gasteiger partial charge is 0.493 e. The molecule has 6 heteroatoms. The number of hydrogen-bond acceptors (Lipinski definition) is 5. The zero-order chi connectivity index (χ0) is 17.0. The number of aryl methyl sites for hydroxylation is 1. The van der Waals surface area contributed by atoms with E-state index in [4.69, 9.17) is 14.2 Å². The molecule has 0 unspecified atom stereocenters. The van der Waals surface area contributed by atoms with Gasteiger partial charge in [-0.3, -0.25) is 9.48 Å². The summed E-state index contributed by atoms with van der Waals surface area (Å²) in [5.74, 6) is 1.49. The van der Waals surface area contributed by atoms with Crippen molar-refractivity contribution in [2.24, 2.45) is 7.05 Å². The second-order valence-corrected chi connectivity index (χ2v) is 4.92.